The molecule has 1 rings (SSSR count). The smallest absolute Gasteiger partial charge is 0.268 e. The van der Waals surface area contributed by atoms with Crippen LogP contribution in [-0.2, 0) is 19.2 Å². The van der Waals surface area contributed by atoms with Gasteiger partial charge in [-0.2, -0.15) is 0 Å². The molecule has 0 fully saturated rings. The van der Waals surface area contributed by atoms with E-state index in [-0.39, 0.29) is 24.0 Å². The summed E-state index contributed by atoms with van der Waals surface area (Å²) >= 11 is 0. The summed E-state index contributed by atoms with van der Waals surface area (Å²) in [6.45, 7) is 3.78. The Hall–Kier alpha value is -1.58. The maximum absolute atomic E-state index is 11.8. The molecule has 0 aliphatic heterocycles. The predicted octanol–water partition coefficient (Wildman–Crippen LogP) is 1.67. The molecule has 18 heavy (non-hydrogen) atoms. The van der Waals surface area contributed by atoms with Gasteiger partial charge in [-0.05, 0) is 24.5 Å². The zero-order valence-electron chi connectivity index (χ0n) is 10.8. The lowest BCUT2D eigenvalue weighted by Gasteiger charge is -2.20. The third kappa shape index (κ3) is 3.45. The highest BCUT2D eigenvalue weighted by Crippen LogP contribution is 2.25. The molecule has 0 heterocycles. The van der Waals surface area contributed by atoms with Crippen LogP contribution in [0, 0.1) is 11.8 Å². The topological polar surface area (TPSA) is 68.3 Å². The largest absolute Gasteiger partial charge is 0.295 e. The number of hydrogen-bond acceptors (Lipinski definition) is 4. The van der Waals surface area contributed by atoms with Crippen LogP contribution in [0.5, 0.6) is 0 Å². The first-order valence-electron chi connectivity index (χ1n) is 6.30. The lowest BCUT2D eigenvalue weighted by molar-refractivity contribution is -0.142. The number of carbonyl (C=O) groups is 4. The van der Waals surface area contributed by atoms with Crippen molar-refractivity contribution < 1.29 is 19.2 Å². The van der Waals surface area contributed by atoms with Gasteiger partial charge in [-0.3, -0.25) is 19.2 Å². The summed E-state index contributed by atoms with van der Waals surface area (Å²) < 4.78 is 0. The van der Waals surface area contributed by atoms with Gasteiger partial charge in [0.25, 0.3) is 5.78 Å². The Morgan fingerprint density at radius 1 is 1.17 bits per heavy atom. The fourth-order valence-electron chi connectivity index (χ4n) is 2.08. The molecule has 0 spiro atoms. The minimum atomic E-state index is -1.00. The predicted molar refractivity (Wildman–Crippen MR) is 66.0 cm³/mol. The van der Waals surface area contributed by atoms with Gasteiger partial charge in [0.15, 0.2) is 5.78 Å². The summed E-state index contributed by atoms with van der Waals surface area (Å²) in [7, 11) is 0. The van der Waals surface area contributed by atoms with Gasteiger partial charge < -0.3 is 0 Å². The second kappa shape index (κ2) is 6.38. The van der Waals surface area contributed by atoms with E-state index in [2.05, 4.69) is 0 Å². The summed E-state index contributed by atoms with van der Waals surface area (Å²) in [6, 6.07) is 0. The van der Waals surface area contributed by atoms with E-state index >= 15 is 0 Å². The van der Waals surface area contributed by atoms with E-state index in [0.717, 1.165) is 31.4 Å². The van der Waals surface area contributed by atoms with Crippen LogP contribution in [0.2, 0.25) is 0 Å². The van der Waals surface area contributed by atoms with Gasteiger partial charge in [0.2, 0.25) is 11.6 Å². The highest BCUT2D eigenvalue weighted by atomic mass is 16.2. The second-order valence-electron chi connectivity index (χ2n) is 4.75. The number of hydrogen-bond donors (Lipinski definition) is 0. The van der Waals surface area contributed by atoms with Gasteiger partial charge >= 0.3 is 0 Å². The standard InChI is InChI=1S/C14H18O4/c1-3-4-5-10-8-13(17)14(18)12(16)7-6-11(15)9(10)2/h6-7,9-10H,3-5,8H2,1-2H3. The van der Waals surface area contributed by atoms with E-state index in [1.165, 1.54) is 0 Å². The van der Waals surface area contributed by atoms with Gasteiger partial charge in [-0.25, -0.2) is 0 Å². The Balaban J connectivity index is 2.95. The Kier molecular flexibility index (Phi) is 5.13. The molecule has 0 saturated carbocycles. The van der Waals surface area contributed by atoms with E-state index < -0.39 is 17.3 Å². The molecule has 0 aromatic rings. The first-order valence-corrected chi connectivity index (χ1v) is 6.30. The van der Waals surface area contributed by atoms with Crippen molar-refractivity contribution in [3.8, 4) is 0 Å². The third-order valence-corrected chi connectivity index (χ3v) is 3.41. The van der Waals surface area contributed by atoms with Crippen LogP contribution >= 0.6 is 0 Å². The highest BCUT2D eigenvalue weighted by molar-refractivity contribution is 6.66. The number of allylic oxidation sites excluding steroid dienone is 2. The number of Topliss-reactive ketones (excluding diaryl/α,β-unsaturated/α-hetero) is 2. The van der Waals surface area contributed by atoms with Crippen LogP contribution in [0.3, 0.4) is 0 Å². The Bertz CT molecular complexity index is 404. The first-order chi connectivity index (χ1) is 8.47. The van der Waals surface area contributed by atoms with Crippen molar-refractivity contribution >= 4 is 23.1 Å². The maximum Gasteiger partial charge on any atom is 0.268 e. The summed E-state index contributed by atoms with van der Waals surface area (Å²) in [5.74, 6) is -3.23. The van der Waals surface area contributed by atoms with Crippen molar-refractivity contribution in [2.45, 2.75) is 39.5 Å². The first kappa shape index (κ1) is 14.5. The summed E-state index contributed by atoms with van der Waals surface area (Å²) in [5.41, 5.74) is 0. The zero-order valence-corrected chi connectivity index (χ0v) is 10.8. The van der Waals surface area contributed by atoms with E-state index in [9.17, 15) is 19.2 Å². The van der Waals surface area contributed by atoms with E-state index in [1.54, 1.807) is 6.92 Å². The lowest BCUT2D eigenvalue weighted by atomic mass is 9.82. The number of ketones is 4. The van der Waals surface area contributed by atoms with E-state index in [4.69, 9.17) is 0 Å². The van der Waals surface area contributed by atoms with Crippen LogP contribution in [0.4, 0.5) is 0 Å². The molecule has 4 nitrogen and oxygen atoms in total. The quantitative estimate of drug-likeness (QED) is 0.714. The molecule has 1 aliphatic rings. The van der Waals surface area contributed by atoms with Crippen molar-refractivity contribution in [2.75, 3.05) is 0 Å². The van der Waals surface area contributed by atoms with Crippen molar-refractivity contribution in [3.05, 3.63) is 12.2 Å². The average Bonchev–Trinajstić information content (AvgIpc) is 2.39. The molecule has 0 radical (unpaired) electrons. The molecular weight excluding hydrogens is 232 g/mol. The Labute approximate surface area is 106 Å². The number of carbonyl (C=O) groups excluding carboxylic acids is 4. The molecule has 2 unspecified atom stereocenters. The van der Waals surface area contributed by atoms with Gasteiger partial charge in [0.05, 0.1) is 0 Å². The molecule has 4 heteroatoms. The molecule has 1 aliphatic carbocycles. The lowest BCUT2D eigenvalue weighted by Crippen LogP contribution is -2.26. The molecule has 0 aromatic carbocycles. The average molecular weight is 250 g/mol. The minimum absolute atomic E-state index is 0.000833. The molecule has 0 bridgehead atoms. The molecule has 2 atom stereocenters. The van der Waals surface area contributed by atoms with Crippen LogP contribution in [-0.4, -0.2) is 23.1 Å². The van der Waals surface area contributed by atoms with Crippen LogP contribution < -0.4 is 0 Å². The Morgan fingerprint density at radius 2 is 1.83 bits per heavy atom. The normalized spacial score (nSPS) is 25.9. The van der Waals surface area contributed by atoms with Crippen molar-refractivity contribution in [2.24, 2.45) is 11.8 Å². The third-order valence-electron chi connectivity index (χ3n) is 3.41. The summed E-state index contributed by atoms with van der Waals surface area (Å²) in [5, 5.41) is 0. The monoisotopic (exact) mass is 250 g/mol. The molecular formula is C14H18O4. The zero-order chi connectivity index (χ0) is 13.7. The van der Waals surface area contributed by atoms with Crippen molar-refractivity contribution in [1.29, 1.82) is 0 Å². The second-order valence-corrected chi connectivity index (χ2v) is 4.75. The number of rotatable bonds is 3. The summed E-state index contributed by atoms with van der Waals surface area (Å²) in [6.07, 6.45) is 4.64. The molecule has 0 saturated heterocycles. The maximum atomic E-state index is 11.8. The fourth-order valence-corrected chi connectivity index (χ4v) is 2.08. The van der Waals surface area contributed by atoms with Gasteiger partial charge in [0.1, 0.15) is 0 Å². The van der Waals surface area contributed by atoms with Gasteiger partial charge in [-0.15, -0.1) is 0 Å². The molecule has 0 amide bonds. The molecule has 0 aromatic heterocycles. The van der Waals surface area contributed by atoms with E-state index in [1.807, 2.05) is 6.92 Å². The minimum Gasteiger partial charge on any atom is -0.295 e. The highest BCUT2D eigenvalue weighted by Gasteiger charge is 2.30. The molecule has 0 N–H and O–H groups in total. The summed E-state index contributed by atoms with van der Waals surface area (Å²) in [4.78, 5) is 46.1. The van der Waals surface area contributed by atoms with Gasteiger partial charge in [-0.1, -0.05) is 26.7 Å². The Morgan fingerprint density at radius 3 is 2.44 bits per heavy atom. The SMILES string of the molecule is CCCCC1CC(=O)C(=O)C(=O)C=CC(=O)C1C. The van der Waals surface area contributed by atoms with Crippen LogP contribution in [0.15, 0.2) is 12.2 Å². The fraction of sp³-hybridized carbons (Fsp3) is 0.571. The number of unbranched alkanes of at least 4 members (excludes halogenated alkanes) is 1. The van der Waals surface area contributed by atoms with Crippen LogP contribution in [0.1, 0.15) is 39.5 Å². The van der Waals surface area contributed by atoms with Crippen molar-refractivity contribution in [1.82, 2.24) is 0 Å². The van der Waals surface area contributed by atoms with Crippen molar-refractivity contribution in [3.63, 3.8) is 0 Å². The van der Waals surface area contributed by atoms with Crippen LogP contribution in [0.25, 0.3) is 0 Å². The van der Waals surface area contributed by atoms with E-state index in [0.29, 0.717) is 0 Å². The molecule has 98 valence electrons. The van der Waals surface area contributed by atoms with Gasteiger partial charge in [0, 0.05) is 12.3 Å².